The molecule has 0 fully saturated rings. The van der Waals surface area contributed by atoms with Crippen LogP contribution in [-0.2, 0) is 0 Å². The summed E-state index contributed by atoms with van der Waals surface area (Å²) in [4.78, 5) is 12.2. The van der Waals surface area contributed by atoms with E-state index < -0.39 is 0 Å². The third kappa shape index (κ3) is 3.93. The van der Waals surface area contributed by atoms with E-state index in [0.29, 0.717) is 5.56 Å². The molecule has 0 aliphatic heterocycles. The molecule has 2 aromatic rings. The third-order valence-electron chi connectivity index (χ3n) is 3.26. The predicted octanol–water partition coefficient (Wildman–Crippen LogP) is 4.50. The van der Waals surface area contributed by atoms with E-state index in [4.69, 9.17) is 12.2 Å². The highest BCUT2D eigenvalue weighted by Gasteiger charge is 2.12. The van der Waals surface area contributed by atoms with Crippen molar-refractivity contribution in [2.45, 2.75) is 20.8 Å². The van der Waals surface area contributed by atoms with Crippen LogP contribution >= 0.6 is 28.1 Å². The summed E-state index contributed by atoms with van der Waals surface area (Å²) in [5.74, 6) is -0.243. The second-order valence-electron chi connectivity index (χ2n) is 5.16. The van der Waals surface area contributed by atoms with E-state index in [2.05, 4.69) is 45.6 Å². The summed E-state index contributed by atoms with van der Waals surface area (Å²) in [7, 11) is 0. The Labute approximate surface area is 144 Å². The van der Waals surface area contributed by atoms with Crippen LogP contribution < -0.4 is 10.6 Å². The summed E-state index contributed by atoms with van der Waals surface area (Å²) in [6, 6.07) is 11.4. The molecule has 0 saturated carbocycles. The average molecular weight is 377 g/mol. The first-order chi connectivity index (χ1) is 10.4. The third-order valence-corrected chi connectivity index (χ3v) is 4.16. The topological polar surface area (TPSA) is 41.1 Å². The number of rotatable bonds is 2. The number of nitrogens with one attached hydrogen (secondary N) is 2. The van der Waals surface area contributed by atoms with Crippen LogP contribution in [0.15, 0.2) is 40.9 Å². The molecule has 2 rings (SSSR count). The minimum absolute atomic E-state index is 0.243. The highest BCUT2D eigenvalue weighted by molar-refractivity contribution is 9.10. The van der Waals surface area contributed by atoms with Gasteiger partial charge in [0.05, 0.1) is 5.56 Å². The van der Waals surface area contributed by atoms with Gasteiger partial charge in [0.15, 0.2) is 5.11 Å². The monoisotopic (exact) mass is 376 g/mol. The van der Waals surface area contributed by atoms with E-state index in [9.17, 15) is 4.79 Å². The van der Waals surface area contributed by atoms with Crippen molar-refractivity contribution in [1.82, 2.24) is 5.32 Å². The average Bonchev–Trinajstić information content (AvgIpc) is 2.43. The van der Waals surface area contributed by atoms with Crippen molar-refractivity contribution in [1.29, 1.82) is 0 Å². The molecule has 0 aromatic heterocycles. The maximum atomic E-state index is 12.2. The first-order valence-electron chi connectivity index (χ1n) is 6.83. The SMILES string of the molecule is Cc1cc(C)c(NC(=S)NC(=O)c2ccccc2Br)c(C)c1. The maximum absolute atomic E-state index is 12.2. The number of thiocarbonyl (C=S) groups is 1. The minimum atomic E-state index is -0.243. The van der Waals surface area contributed by atoms with E-state index in [-0.39, 0.29) is 11.0 Å². The predicted molar refractivity (Wildman–Crippen MR) is 98.5 cm³/mol. The van der Waals surface area contributed by atoms with E-state index >= 15 is 0 Å². The Bertz CT molecular complexity index is 720. The number of aryl methyl sites for hydroxylation is 3. The maximum Gasteiger partial charge on any atom is 0.258 e. The van der Waals surface area contributed by atoms with E-state index in [1.165, 1.54) is 5.56 Å². The van der Waals surface area contributed by atoms with Crippen molar-refractivity contribution >= 4 is 44.9 Å². The molecular formula is C17H17BrN2OS. The largest absolute Gasteiger partial charge is 0.332 e. The number of carbonyl (C=O) groups excluding carboxylic acids is 1. The lowest BCUT2D eigenvalue weighted by Gasteiger charge is -2.15. The zero-order valence-electron chi connectivity index (χ0n) is 12.7. The molecule has 0 radical (unpaired) electrons. The zero-order valence-corrected chi connectivity index (χ0v) is 15.1. The van der Waals surface area contributed by atoms with Crippen LogP contribution in [-0.4, -0.2) is 11.0 Å². The fourth-order valence-electron chi connectivity index (χ4n) is 2.34. The van der Waals surface area contributed by atoms with Gasteiger partial charge in [-0.2, -0.15) is 0 Å². The zero-order chi connectivity index (χ0) is 16.3. The van der Waals surface area contributed by atoms with E-state index in [1.807, 2.05) is 32.0 Å². The first kappa shape index (κ1) is 16.6. The van der Waals surface area contributed by atoms with Crippen LogP contribution in [0.25, 0.3) is 0 Å². The first-order valence-corrected chi connectivity index (χ1v) is 8.03. The fourth-order valence-corrected chi connectivity index (χ4v) is 3.00. The highest BCUT2D eigenvalue weighted by atomic mass is 79.9. The van der Waals surface area contributed by atoms with Gasteiger partial charge in [0.25, 0.3) is 5.91 Å². The number of halogens is 1. The molecule has 22 heavy (non-hydrogen) atoms. The molecule has 114 valence electrons. The van der Waals surface area contributed by atoms with Gasteiger partial charge >= 0.3 is 0 Å². The molecule has 5 heteroatoms. The van der Waals surface area contributed by atoms with Crippen molar-refractivity contribution in [2.75, 3.05) is 5.32 Å². The molecule has 3 nitrogen and oxygen atoms in total. The molecule has 0 aliphatic carbocycles. The molecule has 2 aromatic carbocycles. The van der Waals surface area contributed by atoms with Crippen LogP contribution in [0, 0.1) is 20.8 Å². The Morgan fingerprint density at radius 3 is 2.27 bits per heavy atom. The summed E-state index contributed by atoms with van der Waals surface area (Å²) in [5, 5.41) is 6.10. The Morgan fingerprint density at radius 2 is 1.68 bits per heavy atom. The van der Waals surface area contributed by atoms with Gasteiger partial charge in [-0.15, -0.1) is 0 Å². The number of hydrogen-bond acceptors (Lipinski definition) is 2. The Kier molecular flexibility index (Phi) is 5.32. The Morgan fingerprint density at radius 1 is 1.09 bits per heavy atom. The van der Waals surface area contributed by atoms with Crippen LogP contribution in [0.1, 0.15) is 27.0 Å². The van der Waals surface area contributed by atoms with Crippen molar-refractivity contribution < 1.29 is 4.79 Å². The normalized spacial score (nSPS) is 10.2. The van der Waals surface area contributed by atoms with Crippen molar-refractivity contribution in [2.24, 2.45) is 0 Å². The summed E-state index contributed by atoms with van der Waals surface area (Å²) in [6.07, 6.45) is 0. The Balaban J connectivity index is 2.11. The van der Waals surface area contributed by atoms with Gasteiger partial charge in [0.2, 0.25) is 0 Å². The summed E-state index contributed by atoms with van der Waals surface area (Å²) in [5.41, 5.74) is 4.86. The van der Waals surface area contributed by atoms with Crippen LogP contribution in [0.3, 0.4) is 0 Å². The van der Waals surface area contributed by atoms with Gasteiger partial charge in [-0.3, -0.25) is 10.1 Å². The van der Waals surface area contributed by atoms with Crippen molar-refractivity contribution in [3.63, 3.8) is 0 Å². The number of hydrogen-bond donors (Lipinski definition) is 2. The Hall–Kier alpha value is -1.72. The molecule has 0 heterocycles. The van der Waals surface area contributed by atoms with Gasteiger partial charge in [0, 0.05) is 10.2 Å². The molecular weight excluding hydrogens is 360 g/mol. The number of carbonyl (C=O) groups is 1. The summed E-state index contributed by atoms with van der Waals surface area (Å²) in [6.45, 7) is 6.08. The number of anilines is 1. The lowest BCUT2D eigenvalue weighted by molar-refractivity contribution is 0.0977. The summed E-state index contributed by atoms with van der Waals surface area (Å²) >= 11 is 8.61. The molecule has 1 amide bonds. The van der Waals surface area contributed by atoms with Crippen molar-refractivity contribution in [3.8, 4) is 0 Å². The molecule has 0 atom stereocenters. The van der Waals surface area contributed by atoms with Crippen LogP contribution in [0.2, 0.25) is 0 Å². The van der Waals surface area contributed by atoms with Gasteiger partial charge in [-0.1, -0.05) is 29.8 Å². The molecule has 0 spiro atoms. The number of amides is 1. The lowest BCUT2D eigenvalue weighted by Crippen LogP contribution is -2.34. The minimum Gasteiger partial charge on any atom is -0.332 e. The van der Waals surface area contributed by atoms with Gasteiger partial charge in [0.1, 0.15) is 0 Å². The van der Waals surface area contributed by atoms with Crippen LogP contribution in [0.5, 0.6) is 0 Å². The standard InChI is InChI=1S/C17H17BrN2OS/c1-10-8-11(2)15(12(3)9-10)19-17(22)20-16(21)13-6-4-5-7-14(13)18/h4-9H,1-3H3,(H2,19,20,21,22). The van der Waals surface area contributed by atoms with E-state index in [1.54, 1.807) is 6.07 Å². The second kappa shape index (κ2) is 7.03. The number of benzene rings is 2. The van der Waals surface area contributed by atoms with Gasteiger partial charge in [-0.05, 0) is 72.2 Å². The smallest absolute Gasteiger partial charge is 0.258 e. The fraction of sp³-hybridized carbons (Fsp3) is 0.176. The molecule has 0 aliphatic rings. The van der Waals surface area contributed by atoms with Crippen molar-refractivity contribution in [3.05, 3.63) is 63.1 Å². The second-order valence-corrected chi connectivity index (χ2v) is 6.42. The molecule has 0 bridgehead atoms. The summed E-state index contributed by atoms with van der Waals surface area (Å²) < 4.78 is 0.734. The molecule has 0 unspecified atom stereocenters. The van der Waals surface area contributed by atoms with Gasteiger partial charge in [-0.25, -0.2) is 0 Å². The van der Waals surface area contributed by atoms with E-state index in [0.717, 1.165) is 21.3 Å². The van der Waals surface area contributed by atoms with Crippen LogP contribution in [0.4, 0.5) is 5.69 Å². The lowest BCUT2D eigenvalue weighted by atomic mass is 10.1. The molecule has 0 saturated heterocycles. The highest BCUT2D eigenvalue weighted by Crippen LogP contribution is 2.22. The molecule has 2 N–H and O–H groups in total. The van der Waals surface area contributed by atoms with Gasteiger partial charge < -0.3 is 5.32 Å². The quantitative estimate of drug-likeness (QED) is 0.758.